The van der Waals surface area contributed by atoms with Crippen molar-refractivity contribution >= 4 is 21.8 Å². The quantitative estimate of drug-likeness (QED) is 0.193. The fraction of sp³-hybridized carbons (Fsp3) is 0.438. The van der Waals surface area contributed by atoms with Crippen molar-refractivity contribution < 1.29 is 0 Å². The second-order valence-electron chi connectivity index (χ2n) is 10.1. The van der Waals surface area contributed by atoms with Crippen molar-refractivity contribution in [2.75, 3.05) is 0 Å². The van der Waals surface area contributed by atoms with E-state index in [-0.39, 0.29) is 5.41 Å². The molecule has 3 aromatic carbocycles. The lowest BCUT2D eigenvalue weighted by atomic mass is 9.73. The van der Waals surface area contributed by atoms with Crippen LogP contribution in [0.3, 0.4) is 0 Å². The van der Waals surface area contributed by atoms with E-state index in [4.69, 9.17) is 0 Å². The Morgan fingerprint density at radius 2 is 1.06 bits per heavy atom. The van der Waals surface area contributed by atoms with Gasteiger partial charge in [0.15, 0.2) is 0 Å². The maximum absolute atomic E-state index is 2.54. The molecule has 0 saturated heterocycles. The standard InChI is InChI=1S/C32H41N/c1-4-6-8-16-24-32(3,25-17-9-7-5-2)28-20-12-15-23-31(28)33-29-21-13-10-18-26(29)27-19-11-14-22-30(27)33/h10-15,18-23H,4-9,16-17,24-25H2,1-3H3. The molecule has 1 aromatic heterocycles. The molecule has 0 N–H and O–H groups in total. The zero-order valence-corrected chi connectivity index (χ0v) is 20.9. The van der Waals surface area contributed by atoms with Crippen molar-refractivity contribution in [3.8, 4) is 5.69 Å². The number of para-hydroxylation sites is 3. The van der Waals surface area contributed by atoms with Gasteiger partial charge in [0.25, 0.3) is 0 Å². The third-order valence-electron chi connectivity index (χ3n) is 7.54. The maximum atomic E-state index is 2.54. The zero-order chi connectivity index (χ0) is 23.1. The first kappa shape index (κ1) is 23.6. The van der Waals surface area contributed by atoms with Crippen molar-refractivity contribution in [3.63, 3.8) is 0 Å². The summed E-state index contributed by atoms with van der Waals surface area (Å²) in [4.78, 5) is 0. The minimum atomic E-state index is 0.199. The van der Waals surface area contributed by atoms with Crippen LogP contribution in [0, 0.1) is 0 Å². The van der Waals surface area contributed by atoms with E-state index in [1.54, 1.807) is 0 Å². The predicted octanol–water partition coefficient (Wildman–Crippen LogP) is 9.98. The van der Waals surface area contributed by atoms with Gasteiger partial charge in [-0.25, -0.2) is 0 Å². The van der Waals surface area contributed by atoms with E-state index in [0.717, 1.165) is 0 Å². The third kappa shape index (κ3) is 5.03. The van der Waals surface area contributed by atoms with Crippen LogP contribution in [0.15, 0.2) is 72.8 Å². The molecule has 0 saturated carbocycles. The third-order valence-corrected chi connectivity index (χ3v) is 7.54. The van der Waals surface area contributed by atoms with Crippen molar-refractivity contribution in [2.45, 2.75) is 90.4 Å². The molecule has 4 rings (SSSR count). The van der Waals surface area contributed by atoms with Gasteiger partial charge in [0, 0.05) is 16.5 Å². The molecule has 0 spiro atoms. The average molecular weight is 440 g/mol. The average Bonchev–Trinajstić information content (AvgIpc) is 3.19. The molecular weight excluding hydrogens is 398 g/mol. The van der Waals surface area contributed by atoms with E-state index in [1.807, 2.05) is 0 Å². The predicted molar refractivity (Wildman–Crippen MR) is 146 cm³/mol. The molecule has 0 radical (unpaired) electrons. The molecule has 0 unspecified atom stereocenters. The van der Waals surface area contributed by atoms with E-state index < -0.39 is 0 Å². The Hall–Kier alpha value is -2.54. The first-order valence-corrected chi connectivity index (χ1v) is 13.3. The molecule has 4 aromatic rings. The molecule has 174 valence electrons. The lowest BCUT2D eigenvalue weighted by molar-refractivity contribution is 0.363. The lowest BCUT2D eigenvalue weighted by Crippen LogP contribution is -2.24. The van der Waals surface area contributed by atoms with Gasteiger partial charge in [-0.2, -0.15) is 0 Å². The summed E-state index contributed by atoms with van der Waals surface area (Å²) in [6, 6.07) is 27.0. The summed E-state index contributed by atoms with van der Waals surface area (Å²) in [5, 5.41) is 2.69. The van der Waals surface area contributed by atoms with Crippen molar-refractivity contribution in [1.82, 2.24) is 4.57 Å². The van der Waals surface area contributed by atoms with Crippen LogP contribution < -0.4 is 0 Å². The SMILES string of the molecule is CCCCCCC(C)(CCCCCC)c1ccccc1-n1c2ccccc2c2ccccc21. The molecule has 0 aliphatic carbocycles. The number of rotatable bonds is 12. The summed E-state index contributed by atoms with van der Waals surface area (Å²) in [6.07, 6.45) is 13.2. The molecule has 1 heteroatoms. The van der Waals surface area contributed by atoms with E-state index in [1.165, 1.54) is 97.3 Å². The van der Waals surface area contributed by atoms with E-state index in [9.17, 15) is 0 Å². The Morgan fingerprint density at radius 3 is 1.61 bits per heavy atom. The van der Waals surface area contributed by atoms with Crippen LogP contribution >= 0.6 is 0 Å². The normalized spacial score (nSPS) is 12.1. The molecular formula is C32H41N. The molecule has 0 fully saturated rings. The summed E-state index contributed by atoms with van der Waals surface area (Å²) in [5.74, 6) is 0. The van der Waals surface area contributed by atoms with Gasteiger partial charge in [0.2, 0.25) is 0 Å². The van der Waals surface area contributed by atoms with E-state index in [2.05, 4.69) is 98.1 Å². The highest BCUT2D eigenvalue weighted by Gasteiger charge is 2.29. The van der Waals surface area contributed by atoms with Crippen molar-refractivity contribution in [2.24, 2.45) is 0 Å². The topological polar surface area (TPSA) is 4.93 Å². The molecule has 1 nitrogen and oxygen atoms in total. The molecule has 33 heavy (non-hydrogen) atoms. The van der Waals surface area contributed by atoms with Gasteiger partial charge in [-0.1, -0.05) is 127 Å². The van der Waals surface area contributed by atoms with Gasteiger partial charge in [0.1, 0.15) is 0 Å². The number of benzene rings is 3. The maximum Gasteiger partial charge on any atom is 0.0541 e. The molecule has 0 aliphatic rings. The summed E-state index contributed by atoms with van der Waals surface area (Å²) in [6.45, 7) is 7.15. The summed E-state index contributed by atoms with van der Waals surface area (Å²) < 4.78 is 2.52. The highest BCUT2D eigenvalue weighted by Crippen LogP contribution is 2.41. The molecule has 0 bridgehead atoms. The highest BCUT2D eigenvalue weighted by atomic mass is 15.0. The fourth-order valence-electron chi connectivity index (χ4n) is 5.64. The summed E-state index contributed by atoms with van der Waals surface area (Å²) in [7, 11) is 0. The second kappa shape index (κ2) is 11.1. The minimum Gasteiger partial charge on any atom is -0.309 e. The number of hydrogen-bond acceptors (Lipinski definition) is 0. The van der Waals surface area contributed by atoms with Gasteiger partial charge in [0.05, 0.1) is 11.0 Å². The summed E-state index contributed by atoms with van der Waals surface area (Å²) >= 11 is 0. The molecule has 0 aliphatic heterocycles. The van der Waals surface area contributed by atoms with Gasteiger partial charge < -0.3 is 4.57 Å². The Balaban J connectivity index is 1.82. The molecule has 0 amide bonds. The van der Waals surface area contributed by atoms with E-state index in [0.29, 0.717) is 0 Å². The Kier molecular flexibility index (Phi) is 7.91. The van der Waals surface area contributed by atoms with Crippen LogP contribution in [-0.4, -0.2) is 4.57 Å². The Labute approximate surface area is 200 Å². The molecule has 1 heterocycles. The van der Waals surface area contributed by atoms with Gasteiger partial charge >= 0.3 is 0 Å². The Morgan fingerprint density at radius 1 is 0.576 bits per heavy atom. The van der Waals surface area contributed by atoms with Crippen LogP contribution in [-0.2, 0) is 5.41 Å². The van der Waals surface area contributed by atoms with E-state index >= 15 is 0 Å². The van der Waals surface area contributed by atoms with Gasteiger partial charge in [-0.05, 0) is 42.0 Å². The summed E-state index contributed by atoms with van der Waals surface area (Å²) in [5.41, 5.74) is 5.70. The lowest BCUT2D eigenvalue weighted by Gasteiger charge is -2.33. The van der Waals surface area contributed by atoms with Gasteiger partial charge in [-0.3, -0.25) is 0 Å². The van der Waals surface area contributed by atoms with Crippen LogP contribution in [0.2, 0.25) is 0 Å². The number of aromatic nitrogens is 1. The first-order chi connectivity index (χ1) is 16.2. The number of nitrogens with zero attached hydrogens (tertiary/aromatic N) is 1. The second-order valence-corrected chi connectivity index (χ2v) is 10.1. The number of hydrogen-bond donors (Lipinski definition) is 0. The van der Waals surface area contributed by atoms with Crippen LogP contribution in [0.5, 0.6) is 0 Å². The largest absolute Gasteiger partial charge is 0.309 e. The van der Waals surface area contributed by atoms with Crippen molar-refractivity contribution in [3.05, 3.63) is 78.4 Å². The minimum absolute atomic E-state index is 0.199. The fourth-order valence-corrected chi connectivity index (χ4v) is 5.64. The number of unbranched alkanes of at least 4 members (excludes halogenated alkanes) is 6. The van der Waals surface area contributed by atoms with Crippen molar-refractivity contribution in [1.29, 1.82) is 0 Å². The highest BCUT2D eigenvalue weighted by molar-refractivity contribution is 6.09. The molecule has 0 atom stereocenters. The van der Waals surface area contributed by atoms with Gasteiger partial charge in [-0.15, -0.1) is 0 Å². The van der Waals surface area contributed by atoms with Crippen LogP contribution in [0.25, 0.3) is 27.5 Å². The number of fused-ring (bicyclic) bond motifs is 3. The smallest absolute Gasteiger partial charge is 0.0541 e. The zero-order valence-electron chi connectivity index (χ0n) is 20.9. The van der Waals surface area contributed by atoms with Crippen LogP contribution in [0.4, 0.5) is 0 Å². The Bertz CT molecular complexity index is 1100. The van der Waals surface area contributed by atoms with Crippen LogP contribution in [0.1, 0.15) is 90.5 Å². The first-order valence-electron chi connectivity index (χ1n) is 13.3. The monoisotopic (exact) mass is 439 g/mol.